The van der Waals surface area contributed by atoms with Crippen molar-refractivity contribution in [3.05, 3.63) is 58.6 Å². The van der Waals surface area contributed by atoms with Crippen molar-refractivity contribution in [3.63, 3.8) is 0 Å². The molecule has 0 aliphatic heterocycles. The van der Waals surface area contributed by atoms with Gasteiger partial charge in [-0.2, -0.15) is 13.2 Å². The minimum Gasteiger partial charge on any atom is -0.361 e. The molecule has 178 valence electrons. The number of hydrogen-bond acceptors (Lipinski definition) is 3. The summed E-state index contributed by atoms with van der Waals surface area (Å²) in [6.45, 7) is 7.72. The van der Waals surface area contributed by atoms with Gasteiger partial charge in [0.1, 0.15) is 18.2 Å². The van der Waals surface area contributed by atoms with Gasteiger partial charge in [0.25, 0.3) is 0 Å². The lowest BCUT2D eigenvalue weighted by molar-refractivity contribution is -0.167. The molecule has 0 radical (unpaired) electrons. The molecule has 0 fully saturated rings. The maximum atomic E-state index is 14.6. The number of halogens is 5. The lowest BCUT2D eigenvalue weighted by Gasteiger charge is -2.15. The number of rotatable bonds is 8. The van der Waals surface area contributed by atoms with Crippen molar-refractivity contribution in [1.82, 2.24) is 9.55 Å². The summed E-state index contributed by atoms with van der Waals surface area (Å²) in [5.41, 5.74) is 1.26. The van der Waals surface area contributed by atoms with E-state index in [0.29, 0.717) is 28.2 Å². The van der Waals surface area contributed by atoms with E-state index in [0.717, 1.165) is 12.1 Å². The molecular weight excluding hydrogens is 478 g/mol. The Morgan fingerprint density at radius 1 is 1.21 bits per heavy atom. The number of fused-ring (bicyclic) bond motifs is 1. The van der Waals surface area contributed by atoms with E-state index in [1.54, 1.807) is 28.3 Å². The lowest BCUT2D eigenvalue weighted by atomic mass is 10.0. The summed E-state index contributed by atoms with van der Waals surface area (Å²) in [6.07, 6.45) is -1.62. The van der Waals surface area contributed by atoms with Crippen molar-refractivity contribution in [2.24, 2.45) is 0 Å². The molecule has 0 aliphatic rings. The molecule has 0 saturated heterocycles. The number of alkyl halides is 3. The summed E-state index contributed by atoms with van der Waals surface area (Å²) in [5, 5.41) is 2.74. The number of carbonyl (C=O) groups excluding carboxylic acids is 1. The van der Waals surface area contributed by atoms with Gasteiger partial charge in [-0.1, -0.05) is 37.3 Å². The Labute approximate surface area is 194 Å². The van der Waals surface area contributed by atoms with E-state index in [-0.39, 0.29) is 24.4 Å². The van der Waals surface area contributed by atoms with Crippen LogP contribution >= 0.6 is 11.6 Å². The topological polar surface area (TPSA) is 56.1 Å². The summed E-state index contributed by atoms with van der Waals surface area (Å²) in [5.74, 6) is -2.91. The molecule has 33 heavy (non-hydrogen) atoms. The van der Waals surface area contributed by atoms with Crippen molar-refractivity contribution in [1.29, 1.82) is 0 Å². The number of anilines is 1. The molecule has 0 unspecified atom stereocenters. The Hall–Kier alpha value is -2.43. The highest BCUT2D eigenvalue weighted by molar-refractivity contribution is 6.76. The van der Waals surface area contributed by atoms with E-state index < -0.39 is 26.0 Å². The summed E-state index contributed by atoms with van der Waals surface area (Å²) >= 11 is 6.44. The van der Waals surface area contributed by atoms with Crippen LogP contribution in [-0.4, -0.2) is 36.3 Å². The van der Waals surface area contributed by atoms with Gasteiger partial charge in [0.15, 0.2) is 0 Å². The molecule has 11 heteroatoms. The predicted molar refractivity (Wildman–Crippen MR) is 123 cm³/mol. The maximum absolute atomic E-state index is 14.6. The molecule has 1 aromatic carbocycles. The fourth-order valence-electron chi connectivity index (χ4n) is 3.19. The van der Waals surface area contributed by atoms with Crippen LogP contribution in [0.2, 0.25) is 30.7 Å². The van der Waals surface area contributed by atoms with E-state index in [9.17, 15) is 22.4 Å². The van der Waals surface area contributed by atoms with Crippen LogP contribution in [0.5, 0.6) is 0 Å². The van der Waals surface area contributed by atoms with Crippen LogP contribution in [0.3, 0.4) is 0 Å². The molecule has 1 N–H and O–H groups in total. The van der Waals surface area contributed by atoms with Gasteiger partial charge in [0, 0.05) is 44.6 Å². The number of hydrogen-bond donors (Lipinski definition) is 1. The molecule has 2 aromatic heterocycles. The Kier molecular flexibility index (Phi) is 7.50. The zero-order valence-corrected chi connectivity index (χ0v) is 20.1. The fourth-order valence-corrected chi connectivity index (χ4v) is 4.27. The molecule has 0 aliphatic carbocycles. The molecule has 1 amide bonds. The zero-order chi connectivity index (χ0) is 24.4. The van der Waals surface area contributed by atoms with Crippen LogP contribution in [0.4, 0.5) is 23.2 Å². The smallest absolute Gasteiger partial charge is 0.361 e. The van der Waals surface area contributed by atoms with Gasteiger partial charge in [-0.15, -0.1) is 0 Å². The van der Waals surface area contributed by atoms with Gasteiger partial charge in [-0.3, -0.25) is 4.79 Å². The second-order valence-electron chi connectivity index (χ2n) is 8.90. The Balaban J connectivity index is 1.78. The van der Waals surface area contributed by atoms with E-state index >= 15 is 0 Å². The summed E-state index contributed by atoms with van der Waals surface area (Å²) < 4.78 is 59.4. The van der Waals surface area contributed by atoms with E-state index in [1.165, 1.54) is 12.1 Å². The van der Waals surface area contributed by atoms with Crippen molar-refractivity contribution in [3.8, 4) is 0 Å². The van der Waals surface area contributed by atoms with Crippen LogP contribution in [0.15, 0.2) is 36.7 Å². The number of carbonyl (C=O) groups is 1. The average Bonchev–Trinajstić information content (AvgIpc) is 3.02. The maximum Gasteiger partial charge on any atom is 0.471 e. The number of pyridine rings is 1. The van der Waals surface area contributed by atoms with Gasteiger partial charge in [0.2, 0.25) is 0 Å². The zero-order valence-electron chi connectivity index (χ0n) is 18.4. The summed E-state index contributed by atoms with van der Waals surface area (Å²) in [6, 6.07) is 6.15. The molecular formula is C22H24ClF4N3O2Si. The van der Waals surface area contributed by atoms with E-state index in [2.05, 4.69) is 24.6 Å². The minimum absolute atomic E-state index is 0.137. The minimum atomic E-state index is -5.06. The molecule has 0 spiro atoms. The summed E-state index contributed by atoms with van der Waals surface area (Å²) in [7, 11) is -1.21. The number of nitrogens with zero attached hydrogens (tertiary/aromatic N) is 2. The largest absolute Gasteiger partial charge is 0.471 e. The van der Waals surface area contributed by atoms with Crippen LogP contribution in [0.25, 0.3) is 11.0 Å². The monoisotopic (exact) mass is 501 g/mol. The van der Waals surface area contributed by atoms with Gasteiger partial charge >= 0.3 is 12.1 Å². The van der Waals surface area contributed by atoms with Crippen molar-refractivity contribution in [2.45, 2.75) is 45.0 Å². The molecule has 2 heterocycles. The third-order valence-corrected chi connectivity index (χ3v) is 6.96. The molecule has 0 atom stereocenters. The first kappa shape index (κ1) is 25.2. The molecule has 0 saturated carbocycles. The van der Waals surface area contributed by atoms with Crippen molar-refractivity contribution < 1.29 is 27.1 Å². The molecule has 0 bridgehead atoms. The third-order valence-electron chi connectivity index (χ3n) is 4.97. The quantitative estimate of drug-likeness (QED) is 0.226. The first-order valence-corrected chi connectivity index (χ1v) is 14.3. The van der Waals surface area contributed by atoms with Crippen molar-refractivity contribution in [2.75, 3.05) is 11.9 Å². The highest BCUT2D eigenvalue weighted by atomic mass is 35.5. The lowest BCUT2D eigenvalue weighted by Crippen LogP contribution is -2.29. The number of benzene rings is 1. The predicted octanol–water partition coefficient (Wildman–Crippen LogP) is 6.23. The average molecular weight is 502 g/mol. The Morgan fingerprint density at radius 2 is 1.94 bits per heavy atom. The van der Waals surface area contributed by atoms with E-state index in [1.807, 2.05) is 0 Å². The Morgan fingerprint density at radius 3 is 2.58 bits per heavy atom. The van der Waals surface area contributed by atoms with Crippen LogP contribution in [0, 0.1) is 5.82 Å². The number of nitrogens with one attached hydrogen (secondary N) is 1. The van der Waals surface area contributed by atoms with Gasteiger partial charge in [-0.05, 0) is 35.4 Å². The number of aromatic nitrogens is 2. The SMILES string of the molecule is C[Si](C)(C)CCOCn1cc(Cl)c2c(Cc3ccc(NC(=O)C(F)(F)F)cc3F)ccnc21. The standard InChI is InChI=1S/C22H24ClF4N3O2Si/c1-33(2,3)9-8-32-13-30-12-17(23)19-15(6-7-28-20(19)30)10-14-4-5-16(11-18(14)24)29-21(31)22(25,26)27/h4-7,11-12H,8-10,13H2,1-3H3,(H,29,31). The highest BCUT2D eigenvalue weighted by Gasteiger charge is 2.38. The van der Waals surface area contributed by atoms with Crippen molar-refractivity contribution >= 4 is 42.3 Å². The second kappa shape index (κ2) is 9.82. The Bertz CT molecular complexity index is 1160. The first-order chi connectivity index (χ1) is 15.3. The third kappa shape index (κ3) is 6.55. The number of ether oxygens (including phenoxy) is 1. The van der Waals surface area contributed by atoms with Crippen LogP contribution < -0.4 is 5.32 Å². The van der Waals surface area contributed by atoms with Crippen LogP contribution in [0.1, 0.15) is 11.1 Å². The van der Waals surface area contributed by atoms with E-state index in [4.69, 9.17) is 16.3 Å². The summed E-state index contributed by atoms with van der Waals surface area (Å²) in [4.78, 5) is 15.4. The van der Waals surface area contributed by atoms with Crippen LogP contribution in [-0.2, 0) is 22.7 Å². The first-order valence-electron chi connectivity index (χ1n) is 10.2. The van der Waals surface area contributed by atoms with Gasteiger partial charge in [-0.25, -0.2) is 9.37 Å². The van der Waals surface area contributed by atoms with Gasteiger partial charge in [0.05, 0.1) is 5.02 Å². The van der Waals surface area contributed by atoms with Gasteiger partial charge < -0.3 is 14.6 Å². The molecule has 3 rings (SSSR count). The fraction of sp³-hybridized carbons (Fsp3) is 0.364. The molecule has 3 aromatic rings. The normalized spacial score (nSPS) is 12.4. The highest BCUT2D eigenvalue weighted by Crippen LogP contribution is 2.30. The molecule has 5 nitrogen and oxygen atoms in total. The number of amides is 1. The second-order valence-corrected chi connectivity index (χ2v) is 14.9.